The summed E-state index contributed by atoms with van der Waals surface area (Å²) in [5.74, 6) is -0.129. The van der Waals surface area contributed by atoms with Crippen LogP contribution in [0.1, 0.15) is 11.1 Å². The molecule has 0 bridgehead atoms. The molecule has 0 aromatic heterocycles. The van der Waals surface area contributed by atoms with Crippen molar-refractivity contribution in [2.24, 2.45) is 0 Å². The zero-order valence-corrected chi connectivity index (χ0v) is 12.6. The van der Waals surface area contributed by atoms with Crippen molar-refractivity contribution in [2.45, 2.75) is 18.7 Å². The predicted molar refractivity (Wildman–Crippen MR) is 79.8 cm³/mol. The highest BCUT2D eigenvalue weighted by atomic mass is 35.5. The van der Waals surface area contributed by atoms with Crippen molar-refractivity contribution in [3.05, 3.63) is 52.5 Å². The van der Waals surface area contributed by atoms with Gasteiger partial charge < -0.3 is 5.11 Å². The third-order valence-electron chi connectivity index (χ3n) is 2.89. The Morgan fingerprint density at radius 1 is 1.05 bits per heavy atom. The van der Waals surface area contributed by atoms with Crippen LogP contribution in [0.4, 0.5) is 5.69 Å². The van der Waals surface area contributed by atoms with E-state index in [1.54, 1.807) is 25.1 Å². The van der Waals surface area contributed by atoms with Gasteiger partial charge in [0.15, 0.2) is 0 Å². The maximum atomic E-state index is 12.2. The van der Waals surface area contributed by atoms with Gasteiger partial charge in [-0.1, -0.05) is 35.4 Å². The smallest absolute Gasteiger partial charge is 0.261 e. The number of benzene rings is 2. The Morgan fingerprint density at radius 3 is 2.25 bits per heavy atom. The molecule has 0 saturated carbocycles. The number of halogens is 1. The molecule has 4 nitrogen and oxygen atoms in total. The summed E-state index contributed by atoms with van der Waals surface area (Å²) in [6, 6.07) is 9.56. The van der Waals surface area contributed by atoms with Gasteiger partial charge in [0.05, 0.1) is 10.6 Å². The molecule has 20 heavy (non-hydrogen) atoms. The number of hydrogen-bond acceptors (Lipinski definition) is 3. The third-order valence-corrected chi connectivity index (χ3v) is 4.66. The van der Waals surface area contributed by atoms with E-state index < -0.39 is 10.0 Å². The summed E-state index contributed by atoms with van der Waals surface area (Å²) in [6.45, 7) is 3.55. The van der Waals surface area contributed by atoms with E-state index in [1.807, 2.05) is 6.92 Å². The molecule has 0 fully saturated rings. The Bertz CT molecular complexity index is 740. The zero-order chi connectivity index (χ0) is 14.9. The van der Waals surface area contributed by atoms with E-state index in [0.717, 1.165) is 5.56 Å². The maximum absolute atomic E-state index is 12.2. The number of aromatic hydroxyl groups is 1. The maximum Gasteiger partial charge on any atom is 0.261 e. The highest BCUT2D eigenvalue weighted by Gasteiger charge is 2.17. The van der Waals surface area contributed by atoms with E-state index in [-0.39, 0.29) is 21.4 Å². The van der Waals surface area contributed by atoms with Crippen LogP contribution < -0.4 is 4.72 Å². The lowest BCUT2D eigenvalue weighted by atomic mass is 10.2. The minimum Gasteiger partial charge on any atom is -0.506 e. The fourth-order valence-corrected chi connectivity index (χ4v) is 3.05. The first-order valence-electron chi connectivity index (χ1n) is 5.89. The topological polar surface area (TPSA) is 66.4 Å². The predicted octanol–water partition coefficient (Wildman–Crippen LogP) is 3.46. The first-order valence-corrected chi connectivity index (χ1v) is 7.75. The summed E-state index contributed by atoms with van der Waals surface area (Å²) >= 11 is 5.94. The summed E-state index contributed by atoms with van der Waals surface area (Å²) in [5, 5.41) is 9.71. The number of anilines is 1. The highest BCUT2D eigenvalue weighted by Crippen LogP contribution is 2.35. The number of phenolic OH excluding ortho intramolecular Hbond substituents is 1. The van der Waals surface area contributed by atoms with Crippen LogP contribution in [0.5, 0.6) is 5.75 Å². The fraction of sp³-hybridized carbons (Fsp3) is 0.143. The van der Waals surface area contributed by atoms with Gasteiger partial charge in [0, 0.05) is 0 Å². The summed E-state index contributed by atoms with van der Waals surface area (Å²) in [4.78, 5) is 0.138. The van der Waals surface area contributed by atoms with Gasteiger partial charge >= 0.3 is 0 Å². The Labute approximate surface area is 123 Å². The van der Waals surface area contributed by atoms with Gasteiger partial charge in [0.25, 0.3) is 10.0 Å². The second-order valence-corrected chi connectivity index (χ2v) is 6.57. The van der Waals surface area contributed by atoms with Crippen LogP contribution in [-0.4, -0.2) is 13.5 Å². The van der Waals surface area contributed by atoms with E-state index in [1.165, 1.54) is 18.2 Å². The standard InChI is InChI=1S/C14H14ClNO3S/c1-9-3-6-11(7-4-9)20(18,19)16-12-8-5-10(2)14(17)13(12)15/h3-8,16-17H,1-2H3. The number of hydrogen-bond donors (Lipinski definition) is 2. The highest BCUT2D eigenvalue weighted by molar-refractivity contribution is 7.92. The molecule has 0 heterocycles. The minimum atomic E-state index is -3.73. The molecule has 0 radical (unpaired) electrons. The molecule has 0 saturated heterocycles. The van der Waals surface area contributed by atoms with Crippen LogP contribution >= 0.6 is 11.6 Å². The number of phenols is 1. The molecule has 0 aliphatic heterocycles. The molecule has 0 aliphatic rings. The lowest BCUT2D eigenvalue weighted by Gasteiger charge is -2.11. The van der Waals surface area contributed by atoms with Gasteiger partial charge in [0.1, 0.15) is 10.8 Å². The molecule has 6 heteroatoms. The van der Waals surface area contributed by atoms with Crippen LogP contribution in [0.25, 0.3) is 0 Å². The van der Waals surface area contributed by atoms with Gasteiger partial charge in [0.2, 0.25) is 0 Å². The van der Waals surface area contributed by atoms with Crippen LogP contribution in [0.2, 0.25) is 5.02 Å². The molecule has 2 aromatic carbocycles. The lowest BCUT2D eigenvalue weighted by Crippen LogP contribution is -2.13. The van der Waals surface area contributed by atoms with E-state index in [2.05, 4.69) is 4.72 Å². The van der Waals surface area contributed by atoms with E-state index in [9.17, 15) is 13.5 Å². The monoisotopic (exact) mass is 311 g/mol. The molecule has 0 unspecified atom stereocenters. The van der Waals surface area contributed by atoms with Gasteiger partial charge in [-0.15, -0.1) is 0 Å². The average Bonchev–Trinajstić information content (AvgIpc) is 2.40. The van der Waals surface area contributed by atoms with E-state index >= 15 is 0 Å². The normalized spacial score (nSPS) is 11.3. The van der Waals surface area contributed by atoms with E-state index in [4.69, 9.17) is 11.6 Å². The van der Waals surface area contributed by atoms with Gasteiger partial charge in [-0.25, -0.2) is 8.42 Å². The lowest BCUT2D eigenvalue weighted by molar-refractivity contribution is 0.472. The minimum absolute atomic E-state index is 0.0133. The van der Waals surface area contributed by atoms with Crippen molar-refractivity contribution in [3.63, 3.8) is 0 Å². The molecule has 2 aromatic rings. The van der Waals surface area contributed by atoms with E-state index in [0.29, 0.717) is 5.56 Å². The van der Waals surface area contributed by atoms with Gasteiger partial charge in [-0.05, 0) is 37.6 Å². The summed E-state index contributed by atoms with van der Waals surface area (Å²) in [7, 11) is -3.73. The number of nitrogens with one attached hydrogen (secondary N) is 1. The Morgan fingerprint density at radius 2 is 1.65 bits per heavy atom. The van der Waals surface area contributed by atoms with Gasteiger partial charge in [-0.2, -0.15) is 0 Å². The van der Waals surface area contributed by atoms with Crippen LogP contribution in [0.3, 0.4) is 0 Å². The van der Waals surface area contributed by atoms with Crippen molar-refractivity contribution < 1.29 is 13.5 Å². The quantitative estimate of drug-likeness (QED) is 0.912. The summed E-state index contributed by atoms with van der Waals surface area (Å²) < 4.78 is 26.8. The molecule has 2 rings (SSSR count). The van der Waals surface area contributed by atoms with Crippen molar-refractivity contribution in [1.82, 2.24) is 0 Å². The molecule has 0 atom stereocenters. The Kier molecular flexibility index (Phi) is 3.92. The Hall–Kier alpha value is -1.72. The SMILES string of the molecule is Cc1ccc(S(=O)(=O)Nc2ccc(C)c(O)c2Cl)cc1. The van der Waals surface area contributed by atoms with Gasteiger partial charge in [-0.3, -0.25) is 4.72 Å². The van der Waals surface area contributed by atoms with Crippen LogP contribution in [0.15, 0.2) is 41.3 Å². The molecular formula is C14H14ClNO3S. The molecular weight excluding hydrogens is 298 g/mol. The van der Waals surface area contributed by atoms with Crippen molar-refractivity contribution in [2.75, 3.05) is 4.72 Å². The summed E-state index contributed by atoms with van der Waals surface area (Å²) in [5.41, 5.74) is 1.69. The number of rotatable bonds is 3. The van der Waals surface area contributed by atoms with Crippen molar-refractivity contribution in [3.8, 4) is 5.75 Å². The molecule has 0 amide bonds. The first kappa shape index (κ1) is 14.7. The van der Waals surface area contributed by atoms with Crippen molar-refractivity contribution >= 4 is 27.3 Å². The molecule has 0 spiro atoms. The Balaban J connectivity index is 2.38. The average molecular weight is 312 g/mol. The zero-order valence-electron chi connectivity index (χ0n) is 11.0. The first-order chi connectivity index (χ1) is 9.31. The fourth-order valence-electron chi connectivity index (χ4n) is 1.66. The third kappa shape index (κ3) is 2.89. The van der Waals surface area contributed by atoms with Crippen molar-refractivity contribution in [1.29, 1.82) is 0 Å². The van der Waals surface area contributed by atoms with Crippen LogP contribution in [0, 0.1) is 13.8 Å². The second kappa shape index (κ2) is 5.34. The largest absolute Gasteiger partial charge is 0.506 e. The molecule has 0 aliphatic carbocycles. The summed E-state index contributed by atoms with van der Waals surface area (Å²) in [6.07, 6.45) is 0. The number of aryl methyl sites for hydroxylation is 2. The molecule has 106 valence electrons. The molecule has 2 N–H and O–H groups in total. The number of sulfonamides is 1. The second-order valence-electron chi connectivity index (χ2n) is 4.51. The van der Waals surface area contributed by atoms with Crippen LogP contribution in [-0.2, 0) is 10.0 Å².